The normalized spacial score (nSPS) is 12.8. The van der Waals surface area contributed by atoms with Crippen LogP contribution >= 0.6 is 0 Å². The Bertz CT molecular complexity index is 829. The Morgan fingerprint density at radius 2 is 1.81 bits per heavy atom. The van der Waals surface area contributed by atoms with Gasteiger partial charge in [0.2, 0.25) is 0 Å². The van der Waals surface area contributed by atoms with E-state index in [1.54, 1.807) is 0 Å². The van der Waals surface area contributed by atoms with Crippen LogP contribution in [0.3, 0.4) is 0 Å². The molecule has 0 bridgehead atoms. The molecule has 0 heterocycles. The molecule has 0 saturated carbocycles. The summed E-state index contributed by atoms with van der Waals surface area (Å²) in [6.45, 7) is 7.13. The van der Waals surface area contributed by atoms with Crippen molar-refractivity contribution in [3.05, 3.63) is 34.4 Å². The van der Waals surface area contributed by atoms with Gasteiger partial charge in [-0.1, -0.05) is 12.1 Å². The standard InChI is InChI=1S/C16H22N2O8S/c1-6-25-14(19)11(2)17(15(20)26-16(3,4)5)27(23,24)13-10-8-7-9-12(13)18(21)22/h7-11H,6H2,1-5H3/t11-/m1/s1. The van der Waals surface area contributed by atoms with Gasteiger partial charge in [-0.05, 0) is 40.7 Å². The summed E-state index contributed by atoms with van der Waals surface area (Å²) >= 11 is 0. The minimum Gasteiger partial charge on any atom is -0.464 e. The summed E-state index contributed by atoms with van der Waals surface area (Å²) in [5.74, 6) is -0.995. The van der Waals surface area contributed by atoms with Gasteiger partial charge in [0.1, 0.15) is 11.6 Å². The maximum Gasteiger partial charge on any atom is 0.425 e. The molecule has 1 rings (SSSR count). The number of nitro groups is 1. The lowest BCUT2D eigenvalue weighted by Crippen LogP contribution is -2.49. The molecule has 0 aliphatic carbocycles. The van der Waals surface area contributed by atoms with Crippen LogP contribution in [0.5, 0.6) is 0 Å². The SMILES string of the molecule is CCOC(=O)[C@@H](C)N(C(=O)OC(C)(C)C)S(=O)(=O)c1ccccc1[N+](=O)[O-]. The van der Waals surface area contributed by atoms with Gasteiger partial charge in [0.25, 0.3) is 15.7 Å². The first-order valence-corrected chi connectivity index (χ1v) is 9.44. The Kier molecular flexibility index (Phi) is 6.90. The van der Waals surface area contributed by atoms with Crippen LogP contribution in [0, 0.1) is 10.1 Å². The highest BCUT2D eigenvalue weighted by atomic mass is 32.2. The van der Waals surface area contributed by atoms with E-state index < -0.39 is 49.2 Å². The minimum absolute atomic E-state index is 0.0448. The van der Waals surface area contributed by atoms with E-state index in [0.29, 0.717) is 0 Å². The van der Waals surface area contributed by atoms with Gasteiger partial charge >= 0.3 is 12.1 Å². The molecule has 0 N–H and O–H groups in total. The smallest absolute Gasteiger partial charge is 0.425 e. The first-order chi connectivity index (χ1) is 12.3. The van der Waals surface area contributed by atoms with E-state index in [0.717, 1.165) is 19.1 Å². The van der Waals surface area contributed by atoms with Crippen molar-refractivity contribution in [3.63, 3.8) is 0 Å². The fourth-order valence-electron chi connectivity index (χ4n) is 2.06. The van der Waals surface area contributed by atoms with Gasteiger partial charge in [-0.2, -0.15) is 4.31 Å². The number of carbonyl (C=O) groups excluding carboxylic acids is 2. The number of nitrogens with zero attached hydrogens (tertiary/aromatic N) is 2. The number of para-hydroxylation sites is 1. The highest BCUT2D eigenvalue weighted by Crippen LogP contribution is 2.29. The summed E-state index contributed by atoms with van der Waals surface area (Å²) in [6.07, 6.45) is -1.35. The number of nitro benzene ring substituents is 1. The molecule has 1 aromatic carbocycles. The van der Waals surface area contributed by atoms with E-state index in [9.17, 15) is 28.1 Å². The summed E-state index contributed by atoms with van der Waals surface area (Å²) in [7, 11) is -4.79. The quantitative estimate of drug-likeness (QED) is 0.402. The predicted molar refractivity (Wildman–Crippen MR) is 94.5 cm³/mol. The van der Waals surface area contributed by atoms with Crippen molar-refractivity contribution in [2.75, 3.05) is 6.61 Å². The molecule has 10 nitrogen and oxygen atoms in total. The fraction of sp³-hybridized carbons (Fsp3) is 0.500. The molecule has 0 saturated heterocycles. The number of esters is 1. The zero-order chi connectivity index (χ0) is 21.0. The number of sulfonamides is 1. The van der Waals surface area contributed by atoms with Crippen molar-refractivity contribution >= 4 is 27.8 Å². The maximum atomic E-state index is 13.0. The minimum atomic E-state index is -4.79. The van der Waals surface area contributed by atoms with Crippen molar-refractivity contribution < 1.29 is 32.4 Å². The molecule has 150 valence electrons. The monoisotopic (exact) mass is 402 g/mol. The number of carbonyl (C=O) groups is 2. The second-order valence-electron chi connectivity index (χ2n) is 6.43. The van der Waals surface area contributed by atoms with Gasteiger partial charge in [0.05, 0.1) is 11.5 Å². The fourth-order valence-corrected chi connectivity index (χ4v) is 3.67. The molecule has 0 aromatic heterocycles. The molecule has 27 heavy (non-hydrogen) atoms. The second-order valence-corrected chi connectivity index (χ2v) is 8.22. The van der Waals surface area contributed by atoms with E-state index in [1.165, 1.54) is 39.8 Å². The molecule has 1 amide bonds. The van der Waals surface area contributed by atoms with Crippen molar-refractivity contribution in [2.45, 2.75) is 51.2 Å². The van der Waals surface area contributed by atoms with Crippen molar-refractivity contribution in [3.8, 4) is 0 Å². The number of ether oxygens (including phenoxy) is 2. The molecule has 0 aliphatic heterocycles. The Morgan fingerprint density at radius 3 is 2.30 bits per heavy atom. The Morgan fingerprint density at radius 1 is 1.26 bits per heavy atom. The first kappa shape index (κ1) is 22.4. The van der Waals surface area contributed by atoms with Crippen LogP contribution in [0.1, 0.15) is 34.6 Å². The second kappa shape index (κ2) is 8.33. The number of benzene rings is 1. The van der Waals surface area contributed by atoms with E-state index in [1.807, 2.05) is 0 Å². The van der Waals surface area contributed by atoms with Crippen LogP contribution in [0.2, 0.25) is 0 Å². The van der Waals surface area contributed by atoms with Crippen LogP contribution in [0.25, 0.3) is 0 Å². The Balaban J connectivity index is 3.56. The molecule has 0 radical (unpaired) electrons. The molecule has 1 atom stereocenters. The molecule has 11 heteroatoms. The van der Waals surface area contributed by atoms with Crippen molar-refractivity contribution in [2.24, 2.45) is 0 Å². The number of hydrogen-bond donors (Lipinski definition) is 0. The zero-order valence-corrected chi connectivity index (χ0v) is 16.5. The first-order valence-electron chi connectivity index (χ1n) is 8.00. The Labute approximate surface area is 157 Å². The summed E-state index contributed by atoms with van der Waals surface area (Å²) in [5.41, 5.74) is -1.80. The number of amides is 1. The van der Waals surface area contributed by atoms with Gasteiger partial charge in [-0.3, -0.25) is 10.1 Å². The van der Waals surface area contributed by atoms with Crippen LogP contribution in [-0.4, -0.2) is 48.0 Å². The molecular formula is C16H22N2O8S. The lowest BCUT2D eigenvalue weighted by molar-refractivity contribution is -0.387. The van der Waals surface area contributed by atoms with Gasteiger partial charge in [0, 0.05) is 6.07 Å². The van der Waals surface area contributed by atoms with E-state index >= 15 is 0 Å². The van der Waals surface area contributed by atoms with Gasteiger partial charge in [0.15, 0.2) is 4.90 Å². The van der Waals surface area contributed by atoms with Gasteiger partial charge in [-0.25, -0.2) is 18.0 Å². The third-order valence-electron chi connectivity index (χ3n) is 3.15. The van der Waals surface area contributed by atoms with Crippen LogP contribution < -0.4 is 0 Å². The highest BCUT2D eigenvalue weighted by molar-refractivity contribution is 7.89. The van der Waals surface area contributed by atoms with Gasteiger partial charge < -0.3 is 9.47 Å². The van der Waals surface area contributed by atoms with Crippen molar-refractivity contribution in [1.29, 1.82) is 0 Å². The number of rotatable bonds is 6. The topological polar surface area (TPSA) is 133 Å². The molecule has 0 aliphatic rings. The molecule has 0 spiro atoms. The average Bonchev–Trinajstić information content (AvgIpc) is 2.53. The summed E-state index contributed by atoms with van der Waals surface area (Å²) in [6, 6.07) is 2.91. The average molecular weight is 402 g/mol. The molecule has 1 aromatic rings. The molecular weight excluding hydrogens is 380 g/mol. The lowest BCUT2D eigenvalue weighted by Gasteiger charge is -2.29. The molecule has 0 fully saturated rings. The van der Waals surface area contributed by atoms with E-state index in [2.05, 4.69) is 0 Å². The van der Waals surface area contributed by atoms with E-state index in [4.69, 9.17) is 9.47 Å². The summed E-state index contributed by atoms with van der Waals surface area (Å²) in [4.78, 5) is 34.2. The zero-order valence-electron chi connectivity index (χ0n) is 15.7. The third-order valence-corrected chi connectivity index (χ3v) is 5.04. The lowest BCUT2D eigenvalue weighted by atomic mass is 10.2. The van der Waals surface area contributed by atoms with Crippen molar-refractivity contribution in [1.82, 2.24) is 4.31 Å². The van der Waals surface area contributed by atoms with Crippen LogP contribution in [0.15, 0.2) is 29.2 Å². The maximum absolute atomic E-state index is 13.0. The third kappa shape index (κ3) is 5.39. The molecule has 0 unspecified atom stereocenters. The van der Waals surface area contributed by atoms with Gasteiger partial charge in [-0.15, -0.1) is 0 Å². The van der Waals surface area contributed by atoms with Crippen LogP contribution in [-0.2, 0) is 24.3 Å². The summed E-state index contributed by atoms with van der Waals surface area (Å²) in [5, 5.41) is 11.2. The Hall–Kier alpha value is -2.69. The van der Waals surface area contributed by atoms with E-state index in [-0.39, 0.29) is 10.9 Å². The van der Waals surface area contributed by atoms with Crippen LogP contribution in [0.4, 0.5) is 10.5 Å². The predicted octanol–water partition coefficient (Wildman–Crippen LogP) is 2.47. The summed E-state index contributed by atoms with van der Waals surface area (Å²) < 4.78 is 36.1. The largest absolute Gasteiger partial charge is 0.464 e. The highest BCUT2D eigenvalue weighted by Gasteiger charge is 2.43. The number of hydrogen-bond acceptors (Lipinski definition) is 8.